The van der Waals surface area contributed by atoms with Crippen LogP contribution in [0.2, 0.25) is 0 Å². The minimum atomic E-state index is 0.287. The molecule has 1 unspecified atom stereocenters. The van der Waals surface area contributed by atoms with E-state index in [0.29, 0.717) is 11.8 Å². The summed E-state index contributed by atoms with van der Waals surface area (Å²) in [7, 11) is 0. The van der Waals surface area contributed by atoms with E-state index in [9.17, 15) is 4.79 Å². The number of hydrogen-bond acceptors (Lipinski definition) is 2. The third kappa shape index (κ3) is 3.29. The van der Waals surface area contributed by atoms with Gasteiger partial charge in [-0.2, -0.15) is 0 Å². The van der Waals surface area contributed by atoms with Crippen molar-refractivity contribution in [3.05, 3.63) is 29.8 Å². The summed E-state index contributed by atoms with van der Waals surface area (Å²) in [4.78, 5) is 15.5. The van der Waals surface area contributed by atoms with Gasteiger partial charge in [0.15, 0.2) is 0 Å². The van der Waals surface area contributed by atoms with Gasteiger partial charge < -0.3 is 4.90 Å². The third-order valence-corrected chi connectivity index (χ3v) is 4.73. The van der Waals surface area contributed by atoms with Crippen LogP contribution in [0, 0.1) is 6.92 Å². The molecule has 0 N–H and O–H groups in total. The summed E-state index contributed by atoms with van der Waals surface area (Å²) in [5.74, 6) is 0.852. The van der Waals surface area contributed by atoms with Gasteiger partial charge in [0, 0.05) is 17.5 Å². The lowest BCUT2D eigenvalue weighted by atomic mass is 10.0. The van der Waals surface area contributed by atoms with Crippen molar-refractivity contribution in [3.63, 3.8) is 0 Å². The predicted octanol–water partition coefficient (Wildman–Crippen LogP) is 3.49. The minimum absolute atomic E-state index is 0.287. The first-order chi connectivity index (χ1) is 8.68. The van der Waals surface area contributed by atoms with E-state index in [2.05, 4.69) is 30.9 Å². The quantitative estimate of drug-likeness (QED) is 0.778. The number of aryl methyl sites for hydroxylation is 1. The van der Waals surface area contributed by atoms with Crippen LogP contribution in [-0.4, -0.2) is 29.1 Å². The molecule has 1 aromatic carbocycles. The fraction of sp³-hybridized carbons (Fsp3) is 0.533. The van der Waals surface area contributed by atoms with Crippen molar-refractivity contribution in [1.29, 1.82) is 0 Å². The molecule has 3 heteroatoms. The van der Waals surface area contributed by atoms with E-state index in [1.54, 1.807) is 11.8 Å². The molecule has 1 heterocycles. The average molecular weight is 263 g/mol. The van der Waals surface area contributed by atoms with Crippen LogP contribution in [0.5, 0.6) is 0 Å². The molecule has 1 atom stereocenters. The second kappa shape index (κ2) is 6.28. The summed E-state index contributed by atoms with van der Waals surface area (Å²) in [5.41, 5.74) is 1.25. The highest BCUT2D eigenvalue weighted by Crippen LogP contribution is 2.24. The molecule has 0 spiro atoms. The van der Waals surface area contributed by atoms with Crippen molar-refractivity contribution in [3.8, 4) is 0 Å². The zero-order valence-electron chi connectivity index (χ0n) is 11.2. The van der Waals surface area contributed by atoms with E-state index in [1.807, 2.05) is 12.1 Å². The van der Waals surface area contributed by atoms with Crippen LogP contribution in [0.15, 0.2) is 29.2 Å². The largest absolute Gasteiger partial charge is 0.339 e. The van der Waals surface area contributed by atoms with E-state index in [1.165, 1.54) is 16.9 Å². The maximum absolute atomic E-state index is 12.2. The molecule has 0 saturated carbocycles. The first kappa shape index (κ1) is 13.5. The average Bonchev–Trinajstić information content (AvgIpc) is 2.38. The standard InChI is InChI=1S/C15H21NOS/c1-12-7-3-4-9-14(12)18-11-15(17)16-10-6-5-8-13(16)2/h3-4,7,9,13H,5-6,8,10-11H2,1-2H3. The summed E-state index contributed by atoms with van der Waals surface area (Å²) in [6.45, 7) is 5.19. The van der Waals surface area contributed by atoms with Gasteiger partial charge in [-0.25, -0.2) is 0 Å². The molecular weight excluding hydrogens is 242 g/mol. The SMILES string of the molecule is Cc1ccccc1SCC(=O)N1CCCCC1C. The number of likely N-dealkylation sites (tertiary alicyclic amines) is 1. The molecule has 1 aliphatic heterocycles. The molecule has 2 rings (SSSR count). The Bertz CT molecular complexity index is 419. The van der Waals surface area contributed by atoms with Gasteiger partial charge in [0.25, 0.3) is 0 Å². The number of piperidine rings is 1. The number of rotatable bonds is 3. The Morgan fingerprint density at radius 3 is 2.89 bits per heavy atom. The number of amides is 1. The Balaban J connectivity index is 1.90. The Kier molecular flexibility index (Phi) is 4.70. The van der Waals surface area contributed by atoms with Gasteiger partial charge in [0.2, 0.25) is 5.91 Å². The summed E-state index contributed by atoms with van der Waals surface area (Å²) in [5, 5.41) is 0. The second-order valence-corrected chi connectivity index (χ2v) is 6.00. The van der Waals surface area contributed by atoms with Crippen LogP contribution < -0.4 is 0 Å². The van der Waals surface area contributed by atoms with E-state index in [-0.39, 0.29) is 5.91 Å². The lowest BCUT2D eigenvalue weighted by Gasteiger charge is -2.33. The molecule has 0 aliphatic carbocycles. The normalized spacial score (nSPS) is 19.9. The summed E-state index contributed by atoms with van der Waals surface area (Å²) < 4.78 is 0. The van der Waals surface area contributed by atoms with Crippen LogP contribution in [0.4, 0.5) is 0 Å². The first-order valence-electron chi connectivity index (χ1n) is 6.66. The molecule has 1 saturated heterocycles. The Hall–Kier alpha value is -0.960. The number of carbonyl (C=O) groups is 1. The van der Waals surface area contributed by atoms with Gasteiger partial charge in [-0.3, -0.25) is 4.79 Å². The lowest BCUT2D eigenvalue weighted by molar-refractivity contribution is -0.131. The van der Waals surface area contributed by atoms with Crippen molar-refractivity contribution in [2.45, 2.75) is 44.0 Å². The molecule has 1 aliphatic rings. The van der Waals surface area contributed by atoms with E-state index in [4.69, 9.17) is 0 Å². The zero-order valence-corrected chi connectivity index (χ0v) is 12.0. The molecule has 0 aromatic heterocycles. The number of hydrogen-bond donors (Lipinski definition) is 0. The van der Waals surface area contributed by atoms with Gasteiger partial charge in [0.1, 0.15) is 0 Å². The van der Waals surface area contributed by atoms with Gasteiger partial charge >= 0.3 is 0 Å². The molecule has 98 valence electrons. The molecule has 0 bridgehead atoms. The maximum atomic E-state index is 12.2. The monoisotopic (exact) mass is 263 g/mol. The smallest absolute Gasteiger partial charge is 0.233 e. The molecule has 2 nitrogen and oxygen atoms in total. The molecule has 1 aromatic rings. The highest BCUT2D eigenvalue weighted by Gasteiger charge is 2.22. The number of nitrogens with zero attached hydrogens (tertiary/aromatic N) is 1. The summed E-state index contributed by atoms with van der Waals surface area (Å²) in [6, 6.07) is 8.67. The summed E-state index contributed by atoms with van der Waals surface area (Å²) in [6.07, 6.45) is 3.57. The predicted molar refractivity (Wildman–Crippen MR) is 76.9 cm³/mol. The van der Waals surface area contributed by atoms with E-state index < -0.39 is 0 Å². The topological polar surface area (TPSA) is 20.3 Å². The fourth-order valence-electron chi connectivity index (χ4n) is 2.41. The van der Waals surface area contributed by atoms with Gasteiger partial charge in [-0.1, -0.05) is 18.2 Å². The number of benzene rings is 1. The van der Waals surface area contributed by atoms with Crippen LogP contribution in [-0.2, 0) is 4.79 Å². The van der Waals surface area contributed by atoms with E-state index in [0.717, 1.165) is 19.4 Å². The van der Waals surface area contributed by atoms with Crippen molar-refractivity contribution in [2.75, 3.05) is 12.3 Å². The lowest BCUT2D eigenvalue weighted by Crippen LogP contribution is -2.42. The Morgan fingerprint density at radius 2 is 2.17 bits per heavy atom. The fourth-order valence-corrected chi connectivity index (χ4v) is 3.32. The first-order valence-corrected chi connectivity index (χ1v) is 7.65. The van der Waals surface area contributed by atoms with Crippen LogP contribution >= 0.6 is 11.8 Å². The van der Waals surface area contributed by atoms with Gasteiger partial charge in [-0.15, -0.1) is 11.8 Å². The zero-order chi connectivity index (χ0) is 13.0. The highest BCUT2D eigenvalue weighted by atomic mass is 32.2. The van der Waals surface area contributed by atoms with Crippen LogP contribution in [0.3, 0.4) is 0 Å². The van der Waals surface area contributed by atoms with Crippen molar-refractivity contribution in [2.24, 2.45) is 0 Å². The molecule has 0 radical (unpaired) electrons. The molecule has 18 heavy (non-hydrogen) atoms. The van der Waals surface area contributed by atoms with Crippen molar-refractivity contribution < 1.29 is 4.79 Å². The molecular formula is C15H21NOS. The number of thioether (sulfide) groups is 1. The third-order valence-electron chi connectivity index (χ3n) is 3.57. The Labute approximate surface area is 114 Å². The maximum Gasteiger partial charge on any atom is 0.233 e. The molecule has 1 amide bonds. The second-order valence-electron chi connectivity index (χ2n) is 4.99. The van der Waals surface area contributed by atoms with Crippen molar-refractivity contribution in [1.82, 2.24) is 4.90 Å². The minimum Gasteiger partial charge on any atom is -0.339 e. The number of carbonyl (C=O) groups excluding carboxylic acids is 1. The van der Waals surface area contributed by atoms with Crippen LogP contribution in [0.1, 0.15) is 31.7 Å². The van der Waals surface area contributed by atoms with Gasteiger partial charge in [0.05, 0.1) is 5.75 Å². The Morgan fingerprint density at radius 1 is 1.39 bits per heavy atom. The van der Waals surface area contributed by atoms with Crippen molar-refractivity contribution >= 4 is 17.7 Å². The van der Waals surface area contributed by atoms with Crippen LogP contribution in [0.25, 0.3) is 0 Å². The summed E-state index contributed by atoms with van der Waals surface area (Å²) >= 11 is 1.66. The highest BCUT2D eigenvalue weighted by molar-refractivity contribution is 8.00. The van der Waals surface area contributed by atoms with E-state index >= 15 is 0 Å². The molecule has 1 fully saturated rings. The van der Waals surface area contributed by atoms with Gasteiger partial charge in [-0.05, 0) is 44.7 Å².